The van der Waals surface area contributed by atoms with Crippen molar-refractivity contribution in [2.24, 2.45) is 0 Å². The van der Waals surface area contributed by atoms with Crippen molar-refractivity contribution in [2.45, 2.75) is 19.9 Å². The van der Waals surface area contributed by atoms with Crippen LogP contribution in [0.3, 0.4) is 0 Å². The number of benzene rings is 1. The molecular formula is C17H19N3O2. The summed E-state index contributed by atoms with van der Waals surface area (Å²) in [6, 6.07) is 13.0. The molecule has 1 aromatic carbocycles. The lowest BCUT2D eigenvalue weighted by molar-refractivity contribution is -0.129. The second kappa shape index (κ2) is 7.93. The maximum atomic E-state index is 11.9. The van der Waals surface area contributed by atoms with Crippen LogP contribution in [0.4, 0.5) is 5.69 Å². The molecule has 114 valence electrons. The molecule has 2 amide bonds. The van der Waals surface area contributed by atoms with E-state index in [9.17, 15) is 9.59 Å². The van der Waals surface area contributed by atoms with Crippen molar-refractivity contribution < 1.29 is 9.59 Å². The zero-order valence-electron chi connectivity index (χ0n) is 12.5. The molecular weight excluding hydrogens is 278 g/mol. The van der Waals surface area contributed by atoms with Gasteiger partial charge in [0.25, 0.3) is 0 Å². The molecule has 1 heterocycles. The maximum absolute atomic E-state index is 11.9. The lowest BCUT2D eigenvalue weighted by Gasteiger charge is -2.20. The van der Waals surface area contributed by atoms with Crippen LogP contribution in [0.1, 0.15) is 18.9 Å². The average Bonchev–Trinajstić information content (AvgIpc) is 2.53. The van der Waals surface area contributed by atoms with Crippen molar-refractivity contribution in [2.75, 3.05) is 11.9 Å². The predicted octanol–water partition coefficient (Wildman–Crippen LogP) is 2.46. The van der Waals surface area contributed by atoms with E-state index in [-0.39, 0.29) is 18.2 Å². The summed E-state index contributed by atoms with van der Waals surface area (Å²) < 4.78 is 0. The summed E-state index contributed by atoms with van der Waals surface area (Å²) in [5, 5.41) is 2.81. The van der Waals surface area contributed by atoms with Gasteiger partial charge in [0.1, 0.15) is 0 Å². The molecule has 0 aliphatic rings. The summed E-state index contributed by atoms with van der Waals surface area (Å²) in [5.41, 5.74) is 1.70. The van der Waals surface area contributed by atoms with E-state index in [1.165, 1.54) is 6.92 Å². The molecule has 2 aromatic rings. The number of nitrogens with one attached hydrogen (secondary N) is 1. The van der Waals surface area contributed by atoms with Gasteiger partial charge in [0, 0.05) is 44.5 Å². The van der Waals surface area contributed by atoms with Crippen LogP contribution < -0.4 is 5.32 Å². The molecule has 0 saturated carbocycles. The molecule has 0 spiro atoms. The summed E-state index contributed by atoms with van der Waals surface area (Å²) in [6.07, 6.45) is 3.67. The van der Waals surface area contributed by atoms with Gasteiger partial charge in [-0.05, 0) is 23.8 Å². The highest BCUT2D eigenvalue weighted by Gasteiger charge is 2.12. The molecule has 0 fully saturated rings. The van der Waals surface area contributed by atoms with Gasteiger partial charge in [-0.1, -0.05) is 24.3 Å². The van der Waals surface area contributed by atoms with Crippen molar-refractivity contribution >= 4 is 17.5 Å². The van der Waals surface area contributed by atoms with Gasteiger partial charge in [0.15, 0.2) is 0 Å². The Morgan fingerprint density at radius 1 is 1.14 bits per heavy atom. The van der Waals surface area contributed by atoms with Crippen LogP contribution >= 0.6 is 0 Å². The van der Waals surface area contributed by atoms with Crippen LogP contribution in [0, 0.1) is 0 Å². The monoisotopic (exact) mass is 297 g/mol. The van der Waals surface area contributed by atoms with E-state index in [4.69, 9.17) is 0 Å². The number of amides is 2. The van der Waals surface area contributed by atoms with Crippen LogP contribution in [-0.2, 0) is 16.1 Å². The lowest BCUT2D eigenvalue weighted by Crippen LogP contribution is -2.31. The summed E-state index contributed by atoms with van der Waals surface area (Å²) in [6.45, 7) is 2.34. The first-order valence-electron chi connectivity index (χ1n) is 7.14. The van der Waals surface area contributed by atoms with Crippen LogP contribution in [0.2, 0.25) is 0 Å². The van der Waals surface area contributed by atoms with E-state index >= 15 is 0 Å². The first-order chi connectivity index (χ1) is 10.6. The Morgan fingerprint density at radius 3 is 2.55 bits per heavy atom. The van der Waals surface area contributed by atoms with Crippen molar-refractivity contribution in [1.82, 2.24) is 9.88 Å². The maximum Gasteiger partial charge on any atom is 0.226 e. The molecule has 0 aliphatic carbocycles. The number of carbonyl (C=O) groups excluding carboxylic acids is 2. The third-order valence-electron chi connectivity index (χ3n) is 3.21. The number of carbonyl (C=O) groups is 2. The molecule has 5 heteroatoms. The molecule has 0 aliphatic heterocycles. The summed E-state index contributed by atoms with van der Waals surface area (Å²) in [5.74, 6) is -0.167. The zero-order chi connectivity index (χ0) is 15.8. The van der Waals surface area contributed by atoms with Gasteiger partial charge in [0.2, 0.25) is 11.8 Å². The smallest absolute Gasteiger partial charge is 0.226 e. The van der Waals surface area contributed by atoms with Crippen LogP contribution in [0.25, 0.3) is 0 Å². The highest BCUT2D eigenvalue weighted by molar-refractivity contribution is 5.91. The molecule has 5 nitrogen and oxygen atoms in total. The van der Waals surface area contributed by atoms with E-state index < -0.39 is 0 Å². The number of nitrogens with zero attached hydrogens (tertiary/aromatic N) is 2. The fourth-order valence-electron chi connectivity index (χ4n) is 2.04. The number of hydrogen-bond donors (Lipinski definition) is 1. The fraction of sp³-hybridized carbons (Fsp3) is 0.235. The Hall–Kier alpha value is -2.69. The first kappa shape index (κ1) is 15.7. The predicted molar refractivity (Wildman–Crippen MR) is 85.0 cm³/mol. The van der Waals surface area contributed by atoms with Crippen molar-refractivity contribution in [1.29, 1.82) is 0 Å². The minimum atomic E-state index is -0.108. The fourth-order valence-corrected chi connectivity index (χ4v) is 2.04. The average molecular weight is 297 g/mol. The second-order valence-corrected chi connectivity index (χ2v) is 4.97. The Labute approximate surface area is 130 Å². The van der Waals surface area contributed by atoms with Crippen LogP contribution in [0.5, 0.6) is 0 Å². The van der Waals surface area contributed by atoms with E-state index in [1.807, 2.05) is 42.5 Å². The normalized spacial score (nSPS) is 10.0. The minimum absolute atomic E-state index is 0.0589. The highest BCUT2D eigenvalue weighted by Crippen LogP contribution is 2.07. The molecule has 0 bridgehead atoms. The Bertz CT molecular complexity index is 614. The van der Waals surface area contributed by atoms with Gasteiger partial charge >= 0.3 is 0 Å². The van der Waals surface area contributed by atoms with Gasteiger partial charge in [-0.15, -0.1) is 0 Å². The van der Waals surface area contributed by atoms with Crippen LogP contribution in [0.15, 0.2) is 54.9 Å². The summed E-state index contributed by atoms with van der Waals surface area (Å²) >= 11 is 0. The summed E-state index contributed by atoms with van der Waals surface area (Å²) in [7, 11) is 0. The standard InChI is InChI=1S/C17H19N3O2/c1-14(21)20(13-15-6-5-10-18-12-15)11-9-17(22)19-16-7-3-2-4-8-16/h2-8,10,12H,9,11,13H2,1H3,(H,19,22). The van der Waals surface area contributed by atoms with E-state index in [1.54, 1.807) is 17.3 Å². The molecule has 0 atom stereocenters. The number of pyridine rings is 1. The molecule has 2 rings (SSSR count). The Balaban J connectivity index is 1.86. The topological polar surface area (TPSA) is 62.3 Å². The molecule has 1 aromatic heterocycles. The molecule has 0 saturated heterocycles. The quantitative estimate of drug-likeness (QED) is 0.891. The number of rotatable bonds is 6. The molecule has 0 radical (unpaired) electrons. The van der Waals surface area contributed by atoms with Crippen molar-refractivity contribution in [3.63, 3.8) is 0 Å². The summed E-state index contributed by atoms with van der Waals surface area (Å²) in [4.78, 5) is 29.3. The van der Waals surface area contributed by atoms with Gasteiger partial charge in [-0.2, -0.15) is 0 Å². The number of anilines is 1. The van der Waals surface area contributed by atoms with Crippen molar-refractivity contribution in [3.05, 3.63) is 60.4 Å². The number of hydrogen-bond acceptors (Lipinski definition) is 3. The minimum Gasteiger partial charge on any atom is -0.338 e. The van der Waals surface area contributed by atoms with Gasteiger partial charge in [-0.25, -0.2) is 0 Å². The Kier molecular flexibility index (Phi) is 5.65. The highest BCUT2D eigenvalue weighted by atomic mass is 16.2. The third-order valence-corrected chi connectivity index (χ3v) is 3.21. The third kappa shape index (κ3) is 5.01. The molecule has 1 N–H and O–H groups in total. The largest absolute Gasteiger partial charge is 0.338 e. The van der Waals surface area contributed by atoms with Gasteiger partial charge in [0.05, 0.1) is 0 Å². The number of aromatic nitrogens is 1. The van der Waals surface area contributed by atoms with E-state index in [2.05, 4.69) is 10.3 Å². The van der Waals surface area contributed by atoms with E-state index in [0.29, 0.717) is 13.1 Å². The zero-order valence-corrected chi connectivity index (χ0v) is 12.5. The molecule has 0 unspecified atom stereocenters. The van der Waals surface area contributed by atoms with Crippen molar-refractivity contribution in [3.8, 4) is 0 Å². The lowest BCUT2D eigenvalue weighted by atomic mass is 10.2. The number of para-hydroxylation sites is 1. The molecule has 22 heavy (non-hydrogen) atoms. The first-order valence-corrected chi connectivity index (χ1v) is 7.14. The van der Waals surface area contributed by atoms with Crippen LogP contribution in [-0.4, -0.2) is 28.2 Å². The Morgan fingerprint density at radius 2 is 1.91 bits per heavy atom. The second-order valence-electron chi connectivity index (χ2n) is 4.97. The van der Waals surface area contributed by atoms with Gasteiger partial charge < -0.3 is 10.2 Å². The van der Waals surface area contributed by atoms with E-state index in [0.717, 1.165) is 11.3 Å². The SMILES string of the molecule is CC(=O)N(CCC(=O)Nc1ccccc1)Cc1cccnc1. The van der Waals surface area contributed by atoms with Gasteiger partial charge in [-0.3, -0.25) is 14.6 Å².